The van der Waals surface area contributed by atoms with E-state index < -0.39 is 46.5 Å². The molecule has 1 atom stereocenters. The zero-order valence-electron chi connectivity index (χ0n) is 12.6. The standard InChI is InChI=1S/C12H18Cl3NO6/c1-11(2,3)22-10(20)16(4)7(9(18)19)5-8(17)21-6-12(13,14)15/h7H,5-6H2,1-4H3,(H,18,19)/t7-/m0/s1. The normalized spacial score (nSPS) is 13.2. The molecule has 0 heterocycles. The summed E-state index contributed by atoms with van der Waals surface area (Å²) in [6.07, 6.45) is -1.49. The number of ether oxygens (including phenoxy) is 2. The first kappa shape index (κ1) is 21.1. The molecule has 0 aliphatic heterocycles. The van der Waals surface area contributed by atoms with Crippen molar-refractivity contribution in [3.63, 3.8) is 0 Å². The number of amides is 1. The molecule has 10 heteroatoms. The molecule has 0 aromatic heterocycles. The summed E-state index contributed by atoms with van der Waals surface area (Å²) in [4.78, 5) is 35.4. The van der Waals surface area contributed by atoms with Gasteiger partial charge >= 0.3 is 18.0 Å². The first-order valence-corrected chi connectivity index (χ1v) is 7.27. The highest BCUT2D eigenvalue weighted by Gasteiger charge is 2.33. The fourth-order valence-electron chi connectivity index (χ4n) is 1.23. The van der Waals surface area contributed by atoms with Crippen LogP contribution in [0.15, 0.2) is 0 Å². The average molecular weight is 379 g/mol. The number of rotatable bonds is 5. The van der Waals surface area contributed by atoms with Crippen LogP contribution < -0.4 is 0 Å². The fraction of sp³-hybridized carbons (Fsp3) is 0.750. The Bertz CT molecular complexity index is 430. The SMILES string of the molecule is CN(C(=O)OC(C)(C)C)[C@@H](CC(=O)OCC(Cl)(Cl)Cl)C(=O)O. The van der Waals surface area contributed by atoms with Crippen LogP contribution in [0.4, 0.5) is 4.79 Å². The van der Waals surface area contributed by atoms with Crippen molar-refractivity contribution >= 4 is 52.8 Å². The van der Waals surface area contributed by atoms with E-state index in [4.69, 9.17) is 44.6 Å². The maximum Gasteiger partial charge on any atom is 0.410 e. The molecule has 0 spiro atoms. The Hall–Kier alpha value is -0.920. The van der Waals surface area contributed by atoms with Crippen molar-refractivity contribution in [3.05, 3.63) is 0 Å². The lowest BCUT2D eigenvalue weighted by atomic mass is 10.2. The molecule has 0 aromatic rings. The first-order valence-electron chi connectivity index (χ1n) is 6.14. The van der Waals surface area contributed by atoms with E-state index >= 15 is 0 Å². The van der Waals surface area contributed by atoms with Crippen LogP contribution in [0.1, 0.15) is 27.2 Å². The van der Waals surface area contributed by atoms with E-state index in [1.807, 2.05) is 0 Å². The third-order valence-corrected chi connectivity index (χ3v) is 2.52. The Morgan fingerprint density at radius 2 is 1.68 bits per heavy atom. The monoisotopic (exact) mass is 377 g/mol. The van der Waals surface area contributed by atoms with Gasteiger partial charge in [-0.05, 0) is 20.8 Å². The number of halogens is 3. The highest BCUT2D eigenvalue weighted by Crippen LogP contribution is 2.26. The third kappa shape index (κ3) is 9.17. The van der Waals surface area contributed by atoms with E-state index in [1.54, 1.807) is 20.8 Å². The summed E-state index contributed by atoms with van der Waals surface area (Å²) < 4.78 is 7.88. The third-order valence-electron chi connectivity index (χ3n) is 2.19. The van der Waals surface area contributed by atoms with Gasteiger partial charge in [0.05, 0.1) is 6.42 Å². The van der Waals surface area contributed by atoms with Gasteiger partial charge in [-0.2, -0.15) is 0 Å². The van der Waals surface area contributed by atoms with Crippen LogP contribution >= 0.6 is 34.8 Å². The maximum atomic E-state index is 11.8. The number of aliphatic carboxylic acids is 1. The molecule has 22 heavy (non-hydrogen) atoms. The Kier molecular flexibility index (Phi) is 7.74. The second-order valence-corrected chi connectivity index (χ2v) is 7.94. The van der Waals surface area contributed by atoms with Gasteiger partial charge in [-0.15, -0.1) is 0 Å². The number of alkyl halides is 3. The predicted octanol–water partition coefficient (Wildman–Crippen LogP) is 2.61. The van der Waals surface area contributed by atoms with Crippen molar-refractivity contribution < 1.29 is 29.0 Å². The summed E-state index contributed by atoms with van der Waals surface area (Å²) in [5.74, 6) is -2.31. The van der Waals surface area contributed by atoms with E-state index in [0.717, 1.165) is 4.90 Å². The van der Waals surface area contributed by atoms with Gasteiger partial charge in [-0.3, -0.25) is 9.69 Å². The van der Waals surface area contributed by atoms with Crippen LogP contribution in [0.3, 0.4) is 0 Å². The van der Waals surface area contributed by atoms with E-state index in [9.17, 15) is 14.4 Å². The van der Waals surface area contributed by atoms with Crippen LogP contribution in [0.2, 0.25) is 0 Å². The number of hydrogen-bond acceptors (Lipinski definition) is 5. The van der Waals surface area contributed by atoms with Crippen molar-refractivity contribution in [2.75, 3.05) is 13.7 Å². The molecular weight excluding hydrogens is 360 g/mol. The number of esters is 1. The number of carboxylic acids is 1. The second-order valence-electron chi connectivity index (χ2n) is 5.43. The zero-order valence-corrected chi connectivity index (χ0v) is 14.8. The smallest absolute Gasteiger partial charge is 0.410 e. The second kappa shape index (κ2) is 8.08. The molecule has 0 radical (unpaired) electrons. The van der Waals surface area contributed by atoms with Crippen molar-refractivity contribution in [3.8, 4) is 0 Å². The van der Waals surface area contributed by atoms with Gasteiger partial charge in [-0.25, -0.2) is 9.59 Å². The molecule has 0 unspecified atom stereocenters. The minimum atomic E-state index is -1.80. The van der Waals surface area contributed by atoms with Crippen molar-refractivity contribution in [1.82, 2.24) is 4.90 Å². The summed E-state index contributed by atoms with van der Waals surface area (Å²) in [6.45, 7) is 4.36. The molecular formula is C12H18Cl3NO6. The Balaban J connectivity index is 4.76. The molecule has 0 fully saturated rings. The quantitative estimate of drug-likeness (QED) is 0.584. The predicted molar refractivity (Wildman–Crippen MR) is 81.3 cm³/mol. The molecule has 1 amide bonds. The minimum Gasteiger partial charge on any atom is -0.480 e. The van der Waals surface area contributed by atoms with Crippen molar-refractivity contribution in [1.29, 1.82) is 0 Å². The number of likely N-dealkylation sites (N-methyl/N-ethyl adjacent to an activating group) is 1. The Labute approximate surface area is 143 Å². The molecule has 0 aliphatic rings. The molecule has 0 aromatic carbocycles. The molecule has 0 saturated carbocycles. The lowest BCUT2D eigenvalue weighted by Gasteiger charge is -2.28. The number of nitrogens with zero attached hydrogens (tertiary/aromatic N) is 1. The highest BCUT2D eigenvalue weighted by atomic mass is 35.6. The molecule has 128 valence electrons. The largest absolute Gasteiger partial charge is 0.480 e. The molecule has 0 aliphatic carbocycles. The average Bonchev–Trinajstić information content (AvgIpc) is 2.29. The van der Waals surface area contributed by atoms with Gasteiger partial charge in [0.25, 0.3) is 0 Å². The fourth-order valence-corrected chi connectivity index (χ4v) is 1.39. The summed E-state index contributed by atoms with van der Waals surface area (Å²) in [6, 6.07) is -1.46. The first-order chi connectivity index (χ1) is 9.73. The molecule has 0 saturated heterocycles. The van der Waals surface area contributed by atoms with E-state index in [-0.39, 0.29) is 0 Å². The van der Waals surface area contributed by atoms with E-state index in [0.29, 0.717) is 0 Å². The maximum absolute atomic E-state index is 11.8. The number of carbonyl (C=O) groups excluding carboxylic acids is 2. The molecule has 0 rings (SSSR count). The van der Waals surface area contributed by atoms with Gasteiger partial charge in [0.1, 0.15) is 18.2 Å². The van der Waals surface area contributed by atoms with Crippen LogP contribution in [0.25, 0.3) is 0 Å². The number of hydrogen-bond donors (Lipinski definition) is 1. The number of carboxylic acid groups (broad SMARTS) is 1. The van der Waals surface area contributed by atoms with Crippen molar-refractivity contribution in [2.45, 2.75) is 42.6 Å². The zero-order chi connectivity index (χ0) is 17.7. The highest BCUT2D eigenvalue weighted by molar-refractivity contribution is 6.67. The molecule has 1 N–H and O–H groups in total. The van der Waals surface area contributed by atoms with Gasteiger partial charge < -0.3 is 14.6 Å². The lowest BCUT2D eigenvalue weighted by Crippen LogP contribution is -2.46. The van der Waals surface area contributed by atoms with Gasteiger partial charge in [0, 0.05) is 7.05 Å². The summed E-state index contributed by atoms with van der Waals surface area (Å²) in [7, 11) is 1.20. The van der Waals surface area contributed by atoms with E-state index in [2.05, 4.69) is 4.74 Å². The van der Waals surface area contributed by atoms with Crippen molar-refractivity contribution in [2.24, 2.45) is 0 Å². The van der Waals surface area contributed by atoms with Gasteiger partial charge in [0.15, 0.2) is 0 Å². The van der Waals surface area contributed by atoms with E-state index in [1.165, 1.54) is 7.05 Å². The van der Waals surface area contributed by atoms with Crippen LogP contribution in [0, 0.1) is 0 Å². The Morgan fingerprint density at radius 1 is 1.18 bits per heavy atom. The topological polar surface area (TPSA) is 93.1 Å². The number of carbonyl (C=O) groups is 3. The summed E-state index contributed by atoms with van der Waals surface area (Å²) in [5, 5.41) is 9.13. The van der Waals surface area contributed by atoms with Gasteiger partial charge in [0.2, 0.25) is 3.79 Å². The van der Waals surface area contributed by atoms with Crippen LogP contribution in [0.5, 0.6) is 0 Å². The molecule has 0 bridgehead atoms. The molecule has 7 nitrogen and oxygen atoms in total. The summed E-state index contributed by atoms with van der Waals surface area (Å²) in [5.41, 5.74) is -0.801. The lowest BCUT2D eigenvalue weighted by molar-refractivity contribution is -0.152. The van der Waals surface area contributed by atoms with Gasteiger partial charge in [-0.1, -0.05) is 34.8 Å². The van der Waals surface area contributed by atoms with Crippen LogP contribution in [-0.2, 0) is 19.1 Å². The Morgan fingerprint density at radius 3 is 2.05 bits per heavy atom. The summed E-state index contributed by atoms with van der Waals surface area (Å²) >= 11 is 16.2. The minimum absolute atomic E-state index is 0.529. The van der Waals surface area contributed by atoms with Crippen LogP contribution in [-0.4, -0.2) is 57.1 Å².